The molecule has 0 saturated heterocycles. The normalized spacial score (nSPS) is 10.8. The van der Waals surface area contributed by atoms with E-state index in [2.05, 4.69) is 15.4 Å². The van der Waals surface area contributed by atoms with Gasteiger partial charge in [0.05, 0.1) is 21.7 Å². The SMILES string of the molecule is COc1ccc(-c2nn(CC(=O)Nc3cccc([N+](=O)[O-])c3)c(=O)c3nc(C)sc23)cc1. The van der Waals surface area contributed by atoms with Gasteiger partial charge in [0.25, 0.3) is 11.2 Å². The highest BCUT2D eigenvalue weighted by atomic mass is 32.1. The number of aromatic nitrogens is 3. The molecule has 0 fully saturated rings. The second kappa shape index (κ2) is 8.55. The molecule has 0 bridgehead atoms. The number of nitro benzene ring substituents is 1. The zero-order valence-electron chi connectivity index (χ0n) is 17.1. The molecule has 10 nitrogen and oxygen atoms in total. The van der Waals surface area contributed by atoms with E-state index in [1.165, 1.54) is 35.6 Å². The molecule has 0 aliphatic rings. The summed E-state index contributed by atoms with van der Waals surface area (Å²) in [5.74, 6) is 0.127. The summed E-state index contributed by atoms with van der Waals surface area (Å²) >= 11 is 1.35. The number of nitro groups is 1. The van der Waals surface area contributed by atoms with Crippen LogP contribution in [0.4, 0.5) is 11.4 Å². The topological polar surface area (TPSA) is 129 Å². The van der Waals surface area contributed by atoms with Crippen LogP contribution in [0.15, 0.2) is 53.3 Å². The molecule has 2 aromatic carbocycles. The van der Waals surface area contributed by atoms with Crippen molar-refractivity contribution < 1.29 is 14.5 Å². The van der Waals surface area contributed by atoms with Crippen LogP contribution in [0.25, 0.3) is 21.5 Å². The number of non-ortho nitro benzene ring substituents is 1. The number of aryl methyl sites for hydroxylation is 1. The summed E-state index contributed by atoms with van der Waals surface area (Å²) in [5, 5.41) is 18.6. The van der Waals surface area contributed by atoms with E-state index in [-0.39, 0.29) is 23.4 Å². The molecular weight excluding hydrogens is 434 g/mol. The number of nitrogens with zero attached hydrogens (tertiary/aromatic N) is 4. The van der Waals surface area contributed by atoms with Crippen molar-refractivity contribution >= 4 is 38.8 Å². The van der Waals surface area contributed by atoms with Gasteiger partial charge in [-0.15, -0.1) is 11.3 Å². The molecule has 2 heterocycles. The number of methoxy groups -OCH3 is 1. The van der Waals surface area contributed by atoms with Crippen LogP contribution in [0.3, 0.4) is 0 Å². The fourth-order valence-corrected chi connectivity index (χ4v) is 4.06. The van der Waals surface area contributed by atoms with E-state index in [1.807, 2.05) is 12.1 Å². The molecule has 1 N–H and O–H groups in total. The first-order valence-corrected chi connectivity index (χ1v) is 10.2. The highest BCUT2D eigenvalue weighted by molar-refractivity contribution is 7.19. The third-order valence-electron chi connectivity index (χ3n) is 4.60. The van der Waals surface area contributed by atoms with Gasteiger partial charge in [-0.3, -0.25) is 19.7 Å². The fourth-order valence-electron chi connectivity index (χ4n) is 3.14. The van der Waals surface area contributed by atoms with Crippen molar-refractivity contribution in [3.63, 3.8) is 0 Å². The van der Waals surface area contributed by atoms with E-state index < -0.39 is 16.4 Å². The van der Waals surface area contributed by atoms with Crippen LogP contribution >= 0.6 is 11.3 Å². The van der Waals surface area contributed by atoms with Gasteiger partial charge < -0.3 is 10.1 Å². The molecule has 4 aromatic rings. The van der Waals surface area contributed by atoms with Gasteiger partial charge in [0.1, 0.15) is 18.0 Å². The Hall–Kier alpha value is -4.12. The van der Waals surface area contributed by atoms with E-state index in [1.54, 1.807) is 26.2 Å². The van der Waals surface area contributed by atoms with Gasteiger partial charge in [0, 0.05) is 23.4 Å². The summed E-state index contributed by atoms with van der Waals surface area (Å²) in [6.07, 6.45) is 0. The van der Waals surface area contributed by atoms with E-state index in [0.29, 0.717) is 21.2 Å². The van der Waals surface area contributed by atoms with E-state index in [0.717, 1.165) is 10.2 Å². The number of amides is 1. The number of nitrogens with one attached hydrogen (secondary N) is 1. The summed E-state index contributed by atoms with van der Waals surface area (Å²) in [6, 6.07) is 12.7. The molecule has 0 aliphatic carbocycles. The number of hydrogen-bond donors (Lipinski definition) is 1. The number of carbonyl (C=O) groups excluding carboxylic acids is 1. The summed E-state index contributed by atoms with van der Waals surface area (Å²) < 4.78 is 6.87. The van der Waals surface area contributed by atoms with Crippen LogP contribution in [0.2, 0.25) is 0 Å². The lowest BCUT2D eigenvalue weighted by Gasteiger charge is -2.10. The molecule has 0 unspecified atom stereocenters. The maximum Gasteiger partial charge on any atom is 0.294 e. The quantitative estimate of drug-likeness (QED) is 0.351. The summed E-state index contributed by atoms with van der Waals surface area (Å²) in [4.78, 5) is 40.2. The second-order valence-corrected chi connectivity index (χ2v) is 8.01. The van der Waals surface area contributed by atoms with E-state index >= 15 is 0 Å². The largest absolute Gasteiger partial charge is 0.497 e. The highest BCUT2D eigenvalue weighted by Gasteiger charge is 2.18. The Morgan fingerprint density at radius 1 is 1.25 bits per heavy atom. The Kier molecular flexibility index (Phi) is 5.65. The lowest BCUT2D eigenvalue weighted by Crippen LogP contribution is -2.30. The van der Waals surface area contributed by atoms with Crippen LogP contribution in [0.5, 0.6) is 5.75 Å². The third kappa shape index (κ3) is 4.18. The number of carbonyl (C=O) groups is 1. The first-order chi connectivity index (χ1) is 15.4. The number of rotatable bonds is 6. The molecule has 0 atom stereocenters. The molecule has 11 heteroatoms. The van der Waals surface area contributed by atoms with Crippen LogP contribution in [0, 0.1) is 17.0 Å². The Morgan fingerprint density at radius 2 is 2.00 bits per heavy atom. The number of ether oxygens (including phenoxy) is 1. The number of benzene rings is 2. The zero-order valence-corrected chi connectivity index (χ0v) is 17.9. The summed E-state index contributed by atoms with van der Waals surface area (Å²) in [7, 11) is 1.57. The number of thiazole rings is 1. The minimum atomic E-state index is -0.554. The predicted molar refractivity (Wildman–Crippen MR) is 120 cm³/mol. The average Bonchev–Trinajstić information content (AvgIpc) is 3.18. The summed E-state index contributed by atoms with van der Waals surface area (Å²) in [5.41, 5.74) is 1.10. The van der Waals surface area contributed by atoms with Gasteiger partial charge >= 0.3 is 0 Å². The minimum Gasteiger partial charge on any atom is -0.497 e. The van der Waals surface area contributed by atoms with Crippen molar-refractivity contribution in [1.29, 1.82) is 0 Å². The first kappa shape index (κ1) is 21.1. The lowest BCUT2D eigenvalue weighted by molar-refractivity contribution is -0.384. The molecule has 0 spiro atoms. The van der Waals surface area contributed by atoms with Gasteiger partial charge in [-0.2, -0.15) is 5.10 Å². The average molecular weight is 451 g/mol. The van der Waals surface area contributed by atoms with Crippen molar-refractivity contribution in [3.05, 3.63) is 74.0 Å². The Bertz CT molecular complexity index is 1390. The number of fused-ring (bicyclic) bond motifs is 1. The predicted octanol–water partition coefficient (Wildman–Crippen LogP) is 3.38. The fraction of sp³-hybridized carbons (Fsp3) is 0.143. The van der Waals surface area contributed by atoms with E-state index in [9.17, 15) is 19.7 Å². The van der Waals surface area contributed by atoms with Crippen LogP contribution in [0.1, 0.15) is 5.01 Å². The monoisotopic (exact) mass is 451 g/mol. The van der Waals surface area contributed by atoms with Crippen LogP contribution in [-0.4, -0.2) is 32.7 Å². The van der Waals surface area contributed by atoms with Crippen molar-refractivity contribution in [2.75, 3.05) is 12.4 Å². The Balaban J connectivity index is 1.70. The van der Waals surface area contributed by atoms with Gasteiger partial charge in [-0.05, 0) is 37.3 Å². The standard InChI is InChI=1S/C21H17N5O5S/c1-12-22-19-20(32-12)18(13-6-8-16(31-2)9-7-13)24-25(21(19)28)11-17(27)23-14-4-3-5-15(10-14)26(29)30/h3-10H,11H2,1-2H3,(H,23,27). The smallest absolute Gasteiger partial charge is 0.294 e. The molecule has 0 aliphatic heterocycles. The first-order valence-electron chi connectivity index (χ1n) is 9.42. The minimum absolute atomic E-state index is 0.153. The maximum atomic E-state index is 12.9. The van der Waals surface area contributed by atoms with Crippen LogP contribution in [-0.2, 0) is 11.3 Å². The van der Waals surface area contributed by atoms with Gasteiger partial charge in [-0.25, -0.2) is 9.67 Å². The van der Waals surface area contributed by atoms with Crippen molar-refractivity contribution in [2.24, 2.45) is 0 Å². The highest BCUT2D eigenvalue weighted by Crippen LogP contribution is 2.30. The maximum absolute atomic E-state index is 12.9. The van der Waals surface area contributed by atoms with Crippen molar-refractivity contribution in [1.82, 2.24) is 14.8 Å². The van der Waals surface area contributed by atoms with Gasteiger partial charge in [0.2, 0.25) is 5.91 Å². The molecule has 0 saturated carbocycles. The Morgan fingerprint density at radius 3 is 2.69 bits per heavy atom. The lowest BCUT2D eigenvalue weighted by atomic mass is 10.1. The zero-order chi connectivity index (χ0) is 22.8. The van der Waals surface area contributed by atoms with E-state index in [4.69, 9.17) is 4.74 Å². The number of hydrogen-bond acceptors (Lipinski definition) is 8. The molecule has 4 rings (SSSR count). The van der Waals surface area contributed by atoms with Gasteiger partial charge in [-0.1, -0.05) is 6.07 Å². The van der Waals surface area contributed by atoms with Crippen LogP contribution < -0.4 is 15.6 Å². The van der Waals surface area contributed by atoms with Crippen molar-refractivity contribution in [3.8, 4) is 17.0 Å². The van der Waals surface area contributed by atoms with Gasteiger partial charge in [0.15, 0.2) is 5.52 Å². The number of anilines is 1. The van der Waals surface area contributed by atoms with Crippen molar-refractivity contribution in [2.45, 2.75) is 13.5 Å². The molecule has 32 heavy (non-hydrogen) atoms. The summed E-state index contributed by atoms with van der Waals surface area (Å²) in [6.45, 7) is 1.42. The Labute approximate surface area is 185 Å². The molecule has 1 amide bonds. The molecule has 0 radical (unpaired) electrons. The molecular formula is C21H17N5O5S. The molecule has 162 valence electrons. The second-order valence-electron chi connectivity index (χ2n) is 6.81. The molecule has 2 aromatic heterocycles. The third-order valence-corrected chi connectivity index (χ3v) is 5.58.